The predicted octanol–water partition coefficient (Wildman–Crippen LogP) is 2.68. The Morgan fingerprint density at radius 1 is 1.05 bits per heavy atom. The van der Waals surface area contributed by atoms with Gasteiger partial charge in [0.25, 0.3) is 0 Å². The Morgan fingerprint density at radius 3 is 2.43 bits per heavy atom. The molecule has 21 heavy (non-hydrogen) atoms. The molecule has 0 aliphatic rings. The minimum Gasteiger partial charge on any atom is -0.478 e. The molecule has 0 saturated heterocycles. The van der Waals surface area contributed by atoms with Crippen molar-refractivity contribution in [2.45, 2.75) is 6.92 Å². The van der Waals surface area contributed by atoms with Gasteiger partial charge >= 0.3 is 11.9 Å². The van der Waals surface area contributed by atoms with Gasteiger partial charge in [-0.1, -0.05) is 30.2 Å². The lowest BCUT2D eigenvalue weighted by atomic mass is 10.1. The zero-order valence-electron chi connectivity index (χ0n) is 11.4. The van der Waals surface area contributed by atoms with Crippen molar-refractivity contribution in [1.29, 1.82) is 0 Å². The second-order valence-electron chi connectivity index (χ2n) is 4.35. The summed E-state index contributed by atoms with van der Waals surface area (Å²) >= 11 is 0. The number of aromatic carboxylic acids is 1. The standard InChI is InChI=1S/C17H13NO3/c1-12-14(17(20)21)8-5-9-15(12)18-16(19)11-10-13-6-3-2-4-7-13/h2-9H,1H3,(H,18,19)(H,20,21). The van der Waals surface area contributed by atoms with Crippen molar-refractivity contribution in [3.63, 3.8) is 0 Å². The molecule has 0 spiro atoms. The smallest absolute Gasteiger partial charge is 0.336 e. The number of rotatable bonds is 2. The third-order valence-electron chi connectivity index (χ3n) is 2.91. The Balaban J connectivity index is 2.16. The van der Waals surface area contributed by atoms with E-state index in [2.05, 4.69) is 17.2 Å². The third-order valence-corrected chi connectivity index (χ3v) is 2.91. The zero-order chi connectivity index (χ0) is 15.2. The molecule has 0 aromatic heterocycles. The molecule has 1 amide bonds. The van der Waals surface area contributed by atoms with Crippen molar-refractivity contribution in [3.05, 3.63) is 65.2 Å². The average molecular weight is 279 g/mol. The van der Waals surface area contributed by atoms with Crippen LogP contribution >= 0.6 is 0 Å². The van der Waals surface area contributed by atoms with Crippen LogP contribution in [-0.4, -0.2) is 17.0 Å². The second kappa shape index (κ2) is 6.40. The largest absolute Gasteiger partial charge is 0.478 e. The molecule has 0 saturated carbocycles. The Bertz CT molecular complexity index is 740. The van der Waals surface area contributed by atoms with Crippen LogP contribution < -0.4 is 5.32 Å². The highest BCUT2D eigenvalue weighted by Gasteiger charge is 2.10. The lowest BCUT2D eigenvalue weighted by Gasteiger charge is -2.07. The Labute approximate surface area is 122 Å². The number of hydrogen-bond donors (Lipinski definition) is 2. The molecule has 4 heteroatoms. The first-order chi connectivity index (χ1) is 10.1. The van der Waals surface area contributed by atoms with Crippen LogP contribution in [0.5, 0.6) is 0 Å². The van der Waals surface area contributed by atoms with Crippen molar-refractivity contribution in [1.82, 2.24) is 0 Å². The number of carbonyl (C=O) groups excluding carboxylic acids is 1. The summed E-state index contributed by atoms with van der Waals surface area (Å²) in [5, 5.41) is 11.6. The molecule has 0 bridgehead atoms. The van der Waals surface area contributed by atoms with Gasteiger partial charge in [-0.05, 0) is 36.8 Å². The maximum atomic E-state index is 11.8. The number of benzene rings is 2. The van der Waals surface area contributed by atoms with Gasteiger partial charge in [0.05, 0.1) is 5.56 Å². The van der Waals surface area contributed by atoms with Crippen LogP contribution in [0.1, 0.15) is 21.5 Å². The maximum Gasteiger partial charge on any atom is 0.336 e. The van der Waals surface area contributed by atoms with E-state index in [1.165, 1.54) is 6.07 Å². The van der Waals surface area contributed by atoms with Gasteiger partial charge in [-0.25, -0.2) is 4.79 Å². The molecule has 4 nitrogen and oxygen atoms in total. The van der Waals surface area contributed by atoms with E-state index in [0.29, 0.717) is 11.3 Å². The maximum absolute atomic E-state index is 11.8. The first-order valence-corrected chi connectivity index (χ1v) is 6.29. The van der Waals surface area contributed by atoms with E-state index in [1.807, 2.05) is 18.2 Å². The predicted molar refractivity (Wildman–Crippen MR) is 80.1 cm³/mol. The summed E-state index contributed by atoms with van der Waals surface area (Å²) in [5.74, 6) is 3.71. The highest BCUT2D eigenvalue weighted by Crippen LogP contribution is 2.18. The number of carboxylic acid groups (broad SMARTS) is 1. The molecule has 2 aromatic rings. The number of carbonyl (C=O) groups is 2. The van der Waals surface area contributed by atoms with Crippen LogP contribution in [0.4, 0.5) is 5.69 Å². The van der Waals surface area contributed by atoms with Crippen molar-refractivity contribution in [2.24, 2.45) is 0 Å². The Morgan fingerprint density at radius 2 is 1.76 bits per heavy atom. The molecule has 2 rings (SSSR count). The van der Waals surface area contributed by atoms with Gasteiger partial charge in [0, 0.05) is 17.2 Å². The van der Waals surface area contributed by atoms with E-state index in [0.717, 1.165) is 5.56 Å². The summed E-state index contributed by atoms with van der Waals surface area (Å²) < 4.78 is 0. The minimum atomic E-state index is -1.03. The fourth-order valence-corrected chi connectivity index (χ4v) is 1.81. The summed E-state index contributed by atoms with van der Waals surface area (Å²) in [6.45, 7) is 1.64. The van der Waals surface area contributed by atoms with Crippen LogP contribution in [0, 0.1) is 18.8 Å². The number of amides is 1. The molecule has 0 aliphatic carbocycles. The molecule has 104 valence electrons. The highest BCUT2D eigenvalue weighted by atomic mass is 16.4. The summed E-state index contributed by atoms with van der Waals surface area (Å²) in [5.41, 5.74) is 1.84. The normalized spacial score (nSPS) is 9.38. The zero-order valence-corrected chi connectivity index (χ0v) is 11.4. The van der Waals surface area contributed by atoms with E-state index in [9.17, 15) is 9.59 Å². The average Bonchev–Trinajstić information content (AvgIpc) is 2.48. The summed E-state index contributed by atoms with van der Waals surface area (Å²) in [7, 11) is 0. The molecule has 0 fully saturated rings. The third kappa shape index (κ3) is 3.71. The van der Waals surface area contributed by atoms with E-state index in [4.69, 9.17) is 5.11 Å². The monoisotopic (exact) mass is 279 g/mol. The van der Waals surface area contributed by atoms with Crippen molar-refractivity contribution in [2.75, 3.05) is 5.32 Å². The second-order valence-corrected chi connectivity index (χ2v) is 4.35. The van der Waals surface area contributed by atoms with Gasteiger partial charge in [0.15, 0.2) is 0 Å². The molecule has 0 atom stereocenters. The van der Waals surface area contributed by atoms with Gasteiger partial charge in [-0.3, -0.25) is 4.79 Å². The number of carboxylic acids is 1. The van der Waals surface area contributed by atoms with Gasteiger partial charge < -0.3 is 10.4 Å². The van der Waals surface area contributed by atoms with Crippen LogP contribution in [0.25, 0.3) is 0 Å². The van der Waals surface area contributed by atoms with E-state index >= 15 is 0 Å². The van der Waals surface area contributed by atoms with Gasteiger partial charge in [-0.15, -0.1) is 0 Å². The van der Waals surface area contributed by atoms with E-state index in [-0.39, 0.29) is 5.56 Å². The van der Waals surface area contributed by atoms with Crippen LogP contribution in [0.2, 0.25) is 0 Å². The van der Waals surface area contributed by atoms with Crippen molar-refractivity contribution < 1.29 is 14.7 Å². The summed E-state index contributed by atoms with van der Waals surface area (Å²) in [4.78, 5) is 22.8. The summed E-state index contributed by atoms with van der Waals surface area (Å²) in [6.07, 6.45) is 0. The summed E-state index contributed by atoms with van der Waals surface area (Å²) in [6, 6.07) is 13.9. The van der Waals surface area contributed by atoms with Gasteiger partial charge in [0.1, 0.15) is 0 Å². The number of hydrogen-bond acceptors (Lipinski definition) is 2. The van der Waals surface area contributed by atoms with Crippen LogP contribution in [0.3, 0.4) is 0 Å². The lowest BCUT2D eigenvalue weighted by Crippen LogP contribution is -2.11. The Kier molecular flexibility index (Phi) is 4.37. The van der Waals surface area contributed by atoms with Crippen LogP contribution in [0.15, 0.2) is 48.5 Å². The minimum absolute atomic E-state index is 0.156. The van der Waals surface area contributed by atoms with Gasteiger partial charge in [-0.2, -0.15) is 0 Å². The molecule has 0 aliphatic heterocycles. The fourth-order valence-electron chi connectivity index (χ4n) is 1.81. The quantitative estimate of drug-likeness (QED) is 0.831. The molecule has 0 heterocycles. The van der Waals surface area contributed by atoms with E-state index < -0.39 is 11.9 Å². The number of anilines is 1. The Hall–Kier alpha value is -3.06. The fraction of sp³-hybridized carbons (Fsp3) is 0.0588. The first kappa shape index (κ1) is 14.4. The molecule has 2 aromatic carbocycles. The molecular weight excluding hydrogens is 266 g/mol. The van der Waals surface area contributed by atoms with Crippen molar-refractivity contribution in [3.8, 4) is 11.8 Å². The molecule has 0 unspecified atom stereocenters. The topological polar surface area (TPSA) is 66.4 Å². The number of nitrogens with one attached hydrogen (secondary N) is 1. The van der Waals surface area contributed by atoms with Crippen LogP contribution in [-0.2, 0) is 4.79 Å². The first-order valence-electron chi connectivity index (χ1n) is 6.29. The molecule has 2 N–H and O–H groups in total. The molecule has 0 radical (unpaired) electrons. The SMILES string of the molecule is Cc1c(NC(=O)C#Cc2ccccc2)cccc1C(=O)O. The van der Waals surface area contributed by atoms with Gasteiger partial charge in [0.2, 0.25) is 0 Å². The molecular formula is C17H13NO3. The lowest BCUT2D eigenvalue weighted by molar-refractivity contribution is -0.111. The van der Waals surface area contributed by atoms with Crippen molar-refractivity contribution >= 4 is 17.6 Å². The highest BCUT2D eigenvalue weighted by molar-refractivity contribution is 6.05. The van der Waals surface area contributed by atoms with E-state index in [1.54, 1.807) is 31.2 Å².